The fraction of sp³-hybridized carbons (Fsp3) is 0.333. The number of rotatable bonds is 3. The van der Waals surface area contributed by atoms with Crippen LogP contribution in [0.4, 0.5) is 0 Å². The first-order chi connectivity index (χ1) is 4.46. The summed E-state index contributed by atoms with van der Waals surface area (Å²) in [5.74, 6) is -1.98. The van der Waals surface area contributed by atoms with Crippen molar-refractivity contribution < 1.29 is 19.8 Å². The van der Waals surface area contributed by atoms with Gasteiger partial charge in [0.25, 0.3) is 0 Å². The monoisotopic (exact) mass is 144 g/mol. The van der Waals surface area contributed by atoms with Gasteiger partial charge in [-0.05, 0) is 6.92 Å². The number of carbonyl (C=O) groups excluding carboxylic acids is 1. The Morgan fingerprint density at radius 1 is 1.50 bits per heavy atom. The zero-order chi connectivity index (χ0) is 8.31. The van der Waals surface area contributed by atoms with Gasteiger partial charge in [-0.1, -0.05) is 6.58 Å². The predicted molar refractivity (Wildman–Crippen MR) is 33.5 cm³/mol. The molecular formula is C6H8O4. The van der Waals surface area contributed by atoms with E-state index in [1.807, 2.05) is 0 Å². The van der Waals surface area contributed by atoms with Gasteiger partial charge in [0.15, 0.2) is 11.9 Å². The maximum absolute atomic E-state index is 10.4. The number of Topliss-reactive ketones (excluding diaryl/α,β-unsaturated/α-hetero) is 1. The molecule has 0 saturated heterocycles. The molecule has 2 N–H and O–H groups in total. The second-order valence-electron chi connectivity index (χ2n) is 1.82. The fourth-order valence-corrected chi connectivity index (χ4v) is 0.342. The van der Waals surface area contributed by atoms with E-state index in [4.69, 9.17) is 10.2 Å². The van der Waals surface area contributed by atoms with E-state index in [1.165, 1.54) is 0 Å². The summed E-state index contributed by atoms with van der Waals surface area (Å²) >= 11 is 0. The lowest BCUT2D eigenvalue weighted by Crippen LogP contribution is -2.24. The summed E-state index contributed by atoms with van der Waals surface area (Å²) in [6.45, 7) is 4.24. The van der Waals surface area contributed by atoms with Crippen molar-refractivity contribution in [2.75, 3.05) is 0 Å². The molecule has 0 aliphatic heterocycles. The molecule has 0 aromatic carbocycles. The van der Waals surface area contributed by atoms with Crippen LogP contribution in [0.5, 0.6) is 0 Å². The molecule has 0 heterocycles. The van der Waals surface area contributed by atoms with Crippen LogP contribution in [-0.4, -0.2) is 28.1 Å². The summed E-state index contributed by atoms with van der Waals surface area (Å²) in [5, 5.41) is 16.8. The zero-order valence-electron chi connectivity index (χ0n) is 5.50. The van der Waals surface area contributed by atoms with E-state index in [0.717, 1.165) is 6.92 Å². The van der Waals surface area contributed by atoms with Crippen LogP contribution in [-0.2, 0) is 9.59 Å². The Labute approximate surface area is 57.8 Å². The molecule has 0 radical (unpaired) electrons. The fourth-order valence-electron chi connectivity index (χ4n) is 0.342. The Bertz CT molecular complexity index is 182. The molecule has 4 nitrogen and oxygen atoms in total. The van der Waals surface area contributed by atoms with Crippen LogP contribution < -0.4 is 0 Å². The van der Waals surface area contributed by atoms with E-state index < -0.39 is 17.9 Å². The Morgan fingerprint density at radius 2 is 1.90 bits per heavy atom. The number of aliphatic hydroxyl groups is 1. The van der Waals surface area contributed by atoms with E-state index in [1.54, 1.807) is 0 Å². The molecule has 0 rings (SSSR count). The van der Waals surface area contributed by atoms with E-state index >= 15 is 0 Å². The van der Waals surface area contributed by atoms with Gasteiger partial charge in [-0.2, -0.15) is 0 Å². The van der Waals surface area contributed by atoms with Crippen LogP contribution in [0.15, 0.2) is 12.2 Å². The van der Waals surface area contributed by atoms with Crippen LogP contribution in [0.1, 0.15) is 6.92 Å². The summed E-state index contributed by atoms with van der Waals surface area (Å²) in [7, 11) is 0. The average molecular weight is 144 g/mol. The second-order valence-corrected chi connectivity index (χ2v) is 1.82. The highest BCUT2D eigenvalue weighted by Gasteiger charge is 2.19. The number of ketones is 1. The van der Waals surface area contributed by atoms with Crippen LogP contribution in [0.3, 0.4) is 0 Å². The standard InChI is InChI=1S/C6H8O4/c1-3(4(2)7)5(8)6(9)10/h5,8H,1H2,2H3,(H,9,10). The molecule has 0 saturated carbocycles. The van der Waals surface area contributed by atoms with Gasteiger partial charge < -0.3 is 10.2 Å². The first kappa shape index (κ1) is 8.84. The van der Waals surface area contributed by atoms with Crippen molar-refractivity contribution in [3.05, 3.63) is 12.2 Å². The molecule has 0 spiro atoms. The van der Waals surface area contributed by atoms with Crippen molar-refractivity contribution in [3.8, 4) is 0 Å². The highest BCUT2D eigenvalue weighted by atomic mass is 16.4. The number of aliphatic hydroxyl groups excluding tert-OH is 1. The summed E-state index contributed by atoms with van der Waals surface area (Å²) in [5.41, 5.74) is -0.299. The summed E-state index contributed by atoms with van der Waals surface area (Å²) < 4.78 is 0. The lowest BCUT2D eigenvalue weighted by Gasteiger charge is -2.03. The molecule has 10 heavy (non-hydrogen) atoms. The number of carbonyl (C=O) groups is 2. The molecule has 0 aromatic rings. The molecule has 56 valence electrons. The molecular weight excluding hydrogens is 136 g/mol. The first-order valence-corrected chi connectivity index (χ1v) is 2.57. The Hall–Kier alpha value is -1.16. The van der Waals surface area contributed by atoms with Gasteiger partial charge in [0, 0.05) is 5.57 Å². The highest BCUT2D eigenvalue weighted by Crippen LogP contribution is 1.99. The molecule has 0 aliphatic carbocycles. The number of hydrogen-bond donors (Lipinski definition) is 2. The van der Waals surface area contributed by atoms with Gasteiger partial charge in [0.05, 0.1) is 0 Å². The van der Waals surface area contributed by atoms with Crippen molar-refractivity contribution in [1.82, 2.24) is 0 Å². The maximum Gasteiger partial charge on any atom is 0.337 e. The molecule has 0 aliphatic rings. The lowest BCUT2D eigenvalue weighted by atomic mass is 10.1. The lowest BCUT2D eigenvalue weighted by molar-refractivity contribution is -0.145. The van der Waals surface area contributed by atoms with Crippen molar-refractivity contribution in [2.24, 2.45) is 0 Å². The van der Waals surface area contributed by atoms with Crippen molar-refractivity contribution in [1.29, 1.82) is 0 Å². The summed E-state index contributed by atoms with van der Waals surface area (Å²) in [6.07, 6.45) is -1.77. The second kappa shape index (κ2) is 3.12. The van der Waals surface area contributed by atoms with E-state index in [2.05, 4.69) is 6.58 Å². The molecule has 1 unspecified atom stereocenters. The quantitative estimate of drug-likeness (QED) is 0.527. The Morgan fingerprint density at radius 3 is 2.00 bits per heavy atom. The molecule has 0 amide bonds. The van der Waals surface area contributed by atoms with Crippen LogP contribution in [0.25, 0.3) is 0 Å². The minimum atomic E-state index is -1.77. The SMILES string of the molecule is C=C(C(C)=O)C(O)C(=O)O. The van der Waals surface area contributed by atoms with Crippen molar-refractivity contribution >= 4 is 11.8 Å². The third-order valence-corrected chi connectivity index (χ3v) is 1.02. The van der Waals surface area contributed by atoms with Crippen LogP contribution in [0, 0.1) is 0 Å². The summed E-state index contributed by atoms with van der Waals surface area (Å²) in [4.78, 5) is 20.3. The van der Waals surface area contributed by atoms with E-state index in [9.17, 15) is 9.59 Å². The summed E-state index contributed by atoms with van der Waals surface area (Å²) in [6, 6.07) is 0. The largest absolute Gasteiger partial charge is 0.479 e. The Kier molecular flexibility index (Phi) is 2.76. The molecule has 0 fully saturated rings. The molecule has 0 aromatic heterocycles. The number of aliphatic carboxylic acids is 1. The minimum Gasteiger partial charge on any atom is -0.479 e. The van der Waals surface area contributed by atoms with Gasteiger partial charge in [0.1, 0.15) is 0 Å². The van der Waals surface area contributed by atoms with Crippen LogP contribution in [0.2, 0.25) is 0 Å². The highest BCUT2D eigenvalue weighted by molar-refractivity contribution is 5.99. The predicted octanol–water partition coefficient (Wildman–Crippen LogP) is -0.423. The van der Waals surface area contributed by atoms with Gasteiger partial charge >= 0.3 is 5.97 Å². The van der Waals surface area contributed by atoms with Crippen LogP contribution >= 0.6 is 0 Å². The zero-order valence-corrected chi connectivity index (χ0v) is 5.50. The van der Waals surface area contributed by atoms with E-state index in [-0.39, 0.29) is 5.57 Å². The molecule has 4 heteroatoms. The molecule has 0 bridgehead atoms. The third kappa shape index (κ3) is 1.99. The number of carboxylic acid groups (broad SMARTS) is 1. The van der Waals surface area contributed by atoms with Gasteiger partial charge in [-0.25, -0.2) is 4.79 Å². The topological polar surface area (TPSA) is 74.6 Å². The van der Waals surface area contributed by atoms with E-state index in [0.29, 0.717) is 0 Å². The van der Waals surface area contributed by atoms with Gasteiger partial charge in [0.2, 0.25) is 0 Å². The maximum atomic E-state index is 10.4. The molecule has 1 atom stereocenters. The van der Waals surface area contributed by atoms with Gasteiger partial charge in [-0.15, -0.1) is 0 Å². The average Bonchev–Trinajstić information content (AvgIpc) is 1.84. The van der Waals surface area contributed by atoms with Crippen molar-refractivity contribution in [2.45, 2.75) is 13.0 Å². The Balaban J connectivity index is 4.22. The smallest absolute Gasteiger partial charge is 0.337 e. The normalized spacial score (nSPS) is 12.2. The third-order valence-electron chi connectivity index (χ3n) is 1.02. The first-order valence-electron chi connectivity index (χ1n) is 2.57. The van der Waals surface area contributed by atoms with Crippen molar-refractivity contribution in [3.63, 3.8) is 0 Å². The minimum absolute atomic E-state index is 0.299. The van der Waals surface area contributed by atoms with Gasteiger partial charge in [-0.3, -0.25) is 4.79 Å². The number of carboxylic acids is 1. The number of hydrogen-bond acceptors (Lipinski definition) is 3.